The van der Waals surface area contributed by atoms with Crippen molar-refractivity contribution in [2.24, 2.45) is 0 Å². The SMILES string of the molecule is Cc1noc(C)c1CC(C)NC(=O)N(C)CCc1ccc(Br)cc1. The Bertz CT molecular complexity index is 663. The molecule has 1 heterocycles. The maximum atomic E-state index is 12.3. The topological polar surface area (TPSA) is 58.4 Å². The average Bonchev–Trinajstić information content (AvgIpc) is 2.85. The van der Waals surface area contributed by atoms with Crippen molar-refractivity contribution in [1.29, 1.82) is 0 Å². The number of likely N-dealkylation sites (N-methyl/N-ethyl adjacent to an activating group) is 1. The van der Waals surface area contributed by atoms with Crippen LogP contribution in [-0.2, 0) is 12.8 Å². The zero-order valence-corrected chi connectivity index (χ0v) is 16.2. The van der Waals surface area contributed by atoms with Gasteiger partial charge in [-0.1, -0.05) is 33.2 Å². The number of hydrogen-bond donors (Lipinski definition) is 1. The number of benzene rings is 1. The van der Waals surface area contributed by atoms with Gasteiger partial charge in [-0.3, -0.25) is 0 Å². The van der Waals surface area contributed by atoms with Crippen LogP contribution in [0.3, 0.4) is 0 Å². The van der Waals surface area contributed by atoms with E-state index in [9.17, 15) is 4.79 Å². The maximum Gasteiger partial charge on any atom is 0.317 e. The van der Waals surface area contributed by atoms with Gasteiger partial charge < -0.3 is 14.7 Å². The highest BCUT2D eigenvalue weighted by atomic mass is 79.9. The van der Waals surface area contributed by atoms with Gasteiger partial charge in [0.1, 0.15) is 5.76 Å². The molecule has 24 heavy (non-hydrogen) atoms. The van der Waals surface area contributed by atoms with Gasteiger partial charge in [0, 0.05) is 29.7 Å². The van der Waals surface area contributed by atoms with E-state index in [2.05, 4.69) is 38.5 Å². The minimum Gasteiger partial charge on any atom is -0.361 e. The number of nitrogens with one attached hydrogen (secondary N) is 1. The maximum absolute atomic E-state index is 12.3. The average molecular weight is 394 g/mol. The molecule has 0 aliphatic carbocycles. The van der Waals surface area contributed by atoms with E-state index >= 15 is 0 Å². The van der Waals surface area contributed by atoms with Gasteiger partial charge in [0.2, 0.25) is 0 Å². The molecule has 6 heteroatoms. The van der Waals surface area contributed by atoms with Crippen molar-refractivity contribution >= 4 is 22.0 Å². The minimum absolute atomic E-state index is 0.0180. The summed E-state index contributed by atoms with van der Waals surface area (Å²) in [4.78, 5) is 14.0. The van der Waals surface area contributed by atoms with E-state index in [1.54, 1.807) is 4.90 Å². The first-order valence-electron chi connectivity index (χ1n) is 8.04. The molecule has 0 spiro atoms. The summed E-state index contributed by atoms with van der Waals surface area (Å²) >= 11 is 3.42. The predicted octanol–water partition coefficient (Wildman–Crippen LogP) is 3.87. The number of rotatable bonds is 6. The van der Waals surface area contributed by atoms with Gasteiger partial charge in [0.15, 0.2) is 0 Å². The minimum atomic E-state index is -0.0635. The second-order valence-corrected chi connectivity index (χ2v) is 7.07. The van der Waals surface area contributed by atoms with E-state index in [0.717, 1.165) is 27.9 Å². The normalized spacial score (nSPS) is 12.0. The first kappa shape index (κ1) is 18.5. The molecule has 1 aromatic carbocycles. The van der Waals surface area contributed by atoms with E-state index in [0.29, 0.717) is 13.0 Å². The third-order valence-corrected chi connectivity index (χ3v) is 4.59. The highest BCUT2D eigenvalue weighted by Gasteiger charge is 2.16. The second-order valence-electron chi connectivity index (χ2n) is 6.16. The van der Waals surface area contributed by atoms with Gasteiger partial charge in [0.25, 0.3) is 0 Å². The van der Waals surface area contributed by atoms with E-state index in [-0.39, 0.29) is 12.1 Å². The summed E-state index contributed by atoms with van der Waals surface area (Å²) < 4.78 is 6.23. The molecule has 0 bridgehead atoms. The van der Waals surface area contributed by atoms with Crippen molar-refractivity contribution in [2.45, 2.75) is 39.7 Å². The Labute approximate surface area is 151 Å². The summed E-state index contributed by atoms with van der Waals surface area (Å²) in [5.41, 5.74) is 3.17. The molecule has 0 aliphatic heterocycles. The molecule has 5 nitrogen and oxygen atoms in total. The number of hydrogen-bond acceptors (Lipinski definition) is 3. The smallest absolute Gasteiger partial charge is 0.317 e. The zero-order valence-electron chi connectivity index (χ0n) is 14.6. The molecule has 0 aliphatic rings. The Morgan fingerprint density at radius 2 is 2.00 bits per heavy atom. The van der Waals surface area contributed by atoms with Crippen LogP contribution in [0.2, 0.25) is 0 Å². The van der Waals surface area contributed by atoms with Crippen LogP contribution < -0.4 is 5.32 Å². The molecule has 0 saturated carbocycles. The van der Waals surface area contributed by atoms with Crippen LogP contribution in [0.5, 0.6) is 0 Å². The van der Waals surface area contributed by atoms with Crippen molar-refractivity contribution in [1.82, 2.24) is 15.4 Å². The summed E-state index contributed by atoms with van der Waals surface area (Å²) in [6.07, 6.45) is 1.54. The number of aryl methyl sites for hydroxylation is 2. The van der Waals surface area contributed by atoms with E-state index in [4.69, 9.17) is 4.52 Å². The van der Waals surface area contributed by atoms with Gasteiger partial charge in [0.05, 0.1) is 5.69 Å². The standard InChI is InChI=1S/C18H24BrN3O2/c1-12(11-17-13(2)21-24-14(17)3)20-18(23)22(4)10-9-15-5-7-16(19)8-6-15/h5-8,12H,9-11H2,1-4H3,(H,20,23). The van der Waals surface area contributed by atoms with E-state index in [1.165, 1.54) is 5.56 Å². The van der Waals surface area contributed by atoms with Crippen molar-refractivity contribution in [3.63, 3.8) is 0 Å². The molecular weight excluding hydrogens is 370 g/mol. The summed E-state index contributed by atoms with van der Waals surface area (Å²) in [6, 6.07) is 8.12. The molecule has 2 aromatic rings. The number of amides is 2. The molecule has 0 radical (unpaired) electrons. The van der Waals surface area contributed by atoms with Gasteiger partial charge in [-0.25, -0.2) is 4.79 Å². The molecule has 0 fully saturated rings. The highest BCUT2D eigenvalue weighted by Crippen LogP contribution is 2.14. The lowest BCUT2D eigenvalue weighted by molar-refractivity contribution is 0.206. The zero-order chi connectivity index (χ0) is 17.7. The fourth-order valence-corrected chi connectivity index (χ4v) is 2.79. The van der Waals surface area contributed by atoms with Crippen LogP contribution in [0.25, 0.3) is 0 Å². The number of nitrogens with zero attached hydrogens (tertiary/aromatic N) is 2. The second kappa shape index (κ2) is 8.33. The molecule has 2 rings (SSSR count). The molecule has 1 aromatic heterocycles. The lowest BCUT2D eigenvalue weighted by atomic mass is 10.1. The molecule has 1 atom stereocenters. The van der Waals surface area contributed by atoms with Gasteiger partial charge in [-0.2, -0.15) is 0 Å². The molecule has 130 valence electrons. The van der Waals surface area contributed by atoms with Crippen molar-refractivity contribution in [2.75, 3.05) is 13.6 Å². The van der Waals surface area contributed by atoms with E-state index < -0.39 is 0 Å². The summed E-state index contributed by atoms with van der Waals surface area (Å²) in [6.45, 7) is 6.48. The largest absolute Gasteiger partial charge is 0.361 e. The van der Waals surface area contributed by atoms with Crippen LogP contribution >= 0.6 is 15.9 Å². The Kier molecular flexibility index (Phi) is 6.43. The molecule has 0 saturated heterocycles. The number of aromatic nitrogens is 1. The van der Waals surface area contributed by atoms with Gasteiger partial charge >= 0.3 is 6.03 Å². The van der Waals surface area contributed by atoms with Crippen molar-refractivity contribution in [3.8, 4) is 0 Å². The Balaban J connectivity index is 1.81. The third-order valence-electron chi connectivity index (χ3n) is 4.06. The van der Waals surface area contributed by atoms with Crippen molar-refractivity contribution in [3.05, 3.63) is 51.3 Å². The van der Waals surface area contributed by atoms with Gasteiger partial charge in [-0.05, 0) is 51.3 Å². The van der Waals surface area contributed by atoms with Crippen LogP contribution in [0.15, 0.2) is 33.3 Å². The Morgan fingerprint density at radius 1 is 1.33 bits per heavy atom. The van der Waals surface area contributed by atoms with E-state index in [1.807, 2.05) is 40.0 Å². The Hall–Kier alpha value is -1.82. The predicted molar refractivity (Wildman–Crippen MR) is 98.2 cm³/mol. The lowest BCUT2D eigenvalue weighted by Crippen LogP contribution is -2.43. The highest BCUT2D eigenvalue weighted by molar-refractivity contribution is 9.10. The van der Waals surface area contributed by atoms with Crippen LogP contribution in [0.1, 0.15) is 29.5 Å². The fraction of sp³-hybridized carbons (Fsp3) is 0.444. The van der Waals surface area contributed by atoms with Gasteiger partial charge in [-0.15, -0.1) is 0 Å². The molecular formula is C18H24BrN3O2. The quantitative estimate of drug-likeness (QED) is 0.809. The van der Waals surface area contributed by atoms with Crippen molar-refractivity contribution < 1.29 is 9.32 Å². The molecule has 1 N–H and O–H groups in total. The van der Waals surface area contributed by atoms with Crippen LogP contribution in [0, 0.1) is 13.8 Å². The summed E-state index contributed by atoms with van der Waals surface area (Å²) in [7, 11) is 1.82. The fourth-order valence-electron chi connectivity index (χ4n) is 2.52. The Morgan fingerprint density at radius 3 is 2.58 bits per heavy atom. The number of urea groups is 1. The first-order valence-corrected chi connectivity index (χ1v) is 8.84. The summed E-state index contributed by atoms with van der Waals surface area (Å²) in [5.74, 6) is 0.817. The third kappa shape index (κ3) is 5.09. The summed E-state index contributed by atoms with van der Waals surface area (Å²) in [5, 5.41) is 6.98. The lowest BCUT2D eigenvalue weighted by Gasteiger charge is -2.21. The van der Waals surface area contributed by atoms with Crippen LogP contribution in [0.4, 0.5) is 4.79 Å². The first-order chi connectivity index (χ1) is 11.4. The molecule has 2 amide bonds. The van der Waals surface area contributed by atoms with Crippen LogP contribution in [-0.4, -0.2) is 35.7 Å². The number of carbonyl (C=O) groups is 1. The molecule has 1 unspecified atom stereocenters. The number of carbonyl (C=O) groups excluding carboxylic acids is 1. The monoisotopic (exact) mass is 393 g/mol. The number of halogens is 1.